The number of ketones is 1. The standard InChI is InChI=1S/C25H16Cl2F3NO3/c1-13-5-2-3-8-17(13)21-20(22(32)14-9-10-18(26)19(27)11-14)23(33)24(34)31(21)16-7-4-6-15(12-16)25(28,29)30/h2-12,21,32H,1H3/b22-20+. The van der Waals surface area contributed by atoms with E-state index in [9.17, 15) is 27.9 Å². The molecule has 174 valence electrons. The van der Waals surface area contributed by atoms with Crippen molar-refractivity contribution in [1.29, 1.82) is 0 Å². The number of Topliss-reactive ketones (excluding diaryl/α,β-unsaturated/α-hetero) is 1. The van der Waals surface area contributed by atoms with Crippen molar-refractivity contribution in [2.75, 3.05) is 4.90 Å². The monoisotopic (exact) mass is 505 g/mol. The Morgan fingerprint density at radius 1 is 0.941 bits per heavy atom. The van der Waals surface area contributed by atoms with Crippen LogP contribution < -0.4 is 4.90 Å². The molecule has 1 aliphatic heterocycles. The van der Waals surface area contributed by atoms with Gasteiger partial charge in [0.25, 0.3) is 11.7 Å². The first kappa shape index (κ1) is 23.9. The fourth-order valence-corrected chi connectivity index (χ4v) is 4.22. The van der Waals surface area contributed by atoms with Crippen molar-refractivity contribution in [1.82, 2.24) is 0 Å². The van der Waals surface area contributed by atoms with Crippen molar-refractivity contribution in [3.8, 4) is 0 Å². The van der Waals surface area contributed by atoms with Crippen LogP contribution in [0.15, 0.2) is 72.3 Å². The van der Waals surface area contributed by atoms with Crippen LogP contribution in [-0.4, -0.2) is 16.8 Å². The summed E-state index contributed by atoms with van der Waals surface area (Å²) in [6.45, 7) is 1.74. The van der Waals surface area contributed by atoms with Crippen LogP contribution in [0, 0.1) is 6.92 Å². The Morgan fingerprint density at radius 3 is 2.29 bits per heavy atom. The van der Waals surface area contributed by atoms with Gasteiger partial charge in [-0.05, 0) is 54.4 Å². The maximum absolute atomic E-state index is 13.4. The van der Waals surface area contributed by atoms with Gasteiger partial charge in [-0.25, -0.2) is 0 Å². The number of aliphatic hydroxyl groups is 1. The van der Waals surface area contributed by atoms with Gasteiger partial charge in [0, 0.05) is 11.3 Å². The van der Waals surface area contributed by atoms with E-state index in [2.05, 4.69) is 0 Å². The van der Waals surface area contributed by atoms with Gasteiger partial charge in [0.05, 0.1) is 27.2 Å². The smallest absolute Gasteiger partial charge is 0.416 e. The Hall–Kier alpha value is -3.29. The third kappa shape index (κ3) is 4.17. The lowest BCUT2D eigenvalue weighted by molar-refractivity contribution is -0.137. The first-order chi connectivity index (χ1) is 16.0. The van der Waals surface area contributed by atoms with E-state index < -0.39 is 35.2 Å². The molecule has 1 amide bonds. The molecule has 1 atom stereocenters. The van der Waals surface area contributed by atoms with Crippen molar-refractivity contribution in [3.63, 3.8) is 0 Å². The zero-order valence-corrected chi connectivity index (χ0v) is 19.0. The average Bonchev–Trinajstić information content (AvgIpc) is 3.05. The van der Waals surface area contributed by atoms with Crippen LogP contribution in [0.1, 0.15) is 28.3 Å². The number of aliphatic hydroxyl groups excluding tert-OH is 1. The van der Waals surface area contributed by atoms with Crippen LogP contribution >= 0.6 is 23.2 Å². The molecule has 1 saturated heterocycles. The van der Waals surface area contributed by atoms with Crippen LogP contribution in [-0.2, 0) is 15.8 Å². The Morgan fingerprint density at radius 2 is 1.65 bits per heavy atom. The summed E-state index contributed by atoms with van der Waals surface area (Å²) in [5, 5.41) is 11.4. The van der Waals surface area contributed by atoms with Gasteiger partial charge in [0.2, 0.25) is 0 Å². The summed E-state index contributed by atoms with van der Waals surface area (Å²) in [6.07, 6.45) is -4.65. The number of nitrogens with zero attached hydrogens (tertiary/aromatic N) is 1. The summed E-state index contributed by atoms with van der Waals surface area (Å²) in [5.74, 6) is -2.61. The van der Waals surface area contributed by atoms with Crippen LogP contribution in [0.4, 0.5) is 18.9 Å². The van der Waals surface area contributed by atoms with Gasteiger partial charge in [-0.15, -0.1) is 0 Å². The third-order valence-electron chi connectivity index (χ3n) is 5.57. The predicted octanol–water partition coefficient (Wildman–Crippen LogP) is 6.95. The molecule has 1 heterocycles. The molecule has 0 radical (unpaired) electrons. The van der Waals surface area contributed by atoms with E-state index in [1.165, 1.54) is 24.3 Å². The molecule has 0 aliphatic carbocycles. The molecule has 1 N–H and O–H groups in total. The van der Waals surface area contributed by atoms with Crippen molar-refractivity contribution in [2.45, 2.75) is 19.1 Å². The minimum Gasteiger partial charge on any atom is -0.507 e. The maximum Gasteiger partial charge on any atom is 0.416 e. The molecule has 3 aromatic carbocycles. The number of carbonyl (C=O) groups excluding carboxylic acids is 2. The third-order valence-corrected chi connectivity index (χ3v) is 6.31. The summed E-state index contributed by atoms with van der Waals surface area (Å²) in [4.78, 5) is 27.2. The number of amides is 1. The predicted molar refractivity (Wildman–Crippen MR) is 124 cm³/mol. The van der Waals surface area contributed by atoms with Crippen molar-refractivity contribution >= 4 is 46.3 Å². The highest BCUT2D eigenvalue weighted by Crippen LogP contribution is 2.44. The van der Waals surface area contributed by atoms with Crippen molar-refractivity contribution in [2.24, 2.45) is 0 Å². The molecule has 1 unspecified atom stereocenters. The van der Waals surface area contributed by atoms with Gasteiger partial charge in [-0.2, -0.15) is 13.2 Å². The molecule has 34 heavy (non-hydrogen) atoms. The van der Waals surface area contributed by atoms with E-state index >= 15 is 0 Å². The van der Waals surface area contributed by atoms with Gasteiger partial charge >= 0.3 is 6.18 Å². The number of anilines is 1. The largest absolute Gasteiger partial charge is 0.507 e. The van der Waals surface area contributed by atoms with Crippen LogP contribution in [0.3, 0.4) is 0 Å². The lowest BCUT2D eigenvalue weighted by atomic mass is 9.92. The molecule has 4 rings (SSSR count). The number of aryl methyl sites for hydroxylation is 1. The van der Waals surface area contributed by atoms with Crippen LogP contribution in [0.25, 0.3) is 5.76 Å². The van der Waals surface area contributed by atoms with E-state index in [1.54, 1.807) is 31.2 Å². The first-order valence-corrected chi connectivity index (χ1v) is 10.8. The number of carbonyl (C=O) groups is 2. The molecule has 0 saturated carbocycles. The molecule has 9 heteroatoms. The second kappa shape index (κ2) is 8.81. The number of halogens is 5. The number of hydrogen-bond donors (Lipinski definition) is 1. The summed E-state index contributed by atoms with van der Waals surface area (Å²) in [6, 6.07) is 14.0. The number of benzene rings is 3. The Balaban J connectivity index is 1.98. The normalized spacial score (nSPS) is 17.9. The van der Waals surface area contributed by atoms with Gasteiger partial charge in [-0.1, -0.05) is 53.5 Å². The Labute approximate surface area is 202 Å². The molecular weight excluding hydrogens is 490 g/mol. The molecule has 1 fully saturated rings. The minimum absolute atomic E-state index is 0.116. The lowest BCUT2D eigenvalue weighted by Crippen LogP contribution is -2.30. The molecule has 0 bridgehead atoms. The maximum atomic E-state index is 13.4. The second-order valence-corrected chi connectivity index (χ2v) is 8.52. The summed E-state index contributed by atoms with van der Waals surface area (Å²) >= 11 is 12.0. The fourth-order valence-electron chi connectivity index (χ4n) is 3.92. The first-order valence-electron chi connectivity index (χ1n) is 10.00. The van der Waals surface area contributed by atoms with E-state index in [4.69, 9.17) is 23.2 Å². The zero-order chi connectivity index (χ0) is 24.8. The Kier molecular flexibility index (Phi) is 6.18. The second-order valence-electron chi connectivity index (χ2n) is 7.70. The summed E-state index contributed by atoms with van der Waals surface area (Å²) in [5.41, 5.74) is -0.0875. The highest BCUT2D eigenvalue weighted by atomic mass is 35.5. The molecule has 3 aromatic rings. The van der Waals surface area contributed by atoms with Crippen molar-refractivity contribution < 1.29 is 27.9 Å². The van der Waals surface area contributed by atoms with E-state index in [0.717, 1.165) is 23.1 Å². The van der Waals surface area contributed by atoms with Crippen LogP contribution in [0.5, 0.6) is 0 Å². The lowest BCUT2D eigenvalue weighted by Gasteiger charge is -2.27. The van der Waals surface area contributed by atoms with Gasteiger partial charge in [-0.3, -0.25) is 14.5 Å². The SMILES string of the molecule is Cc1ccccc1C1/C(=C(\O)c2ccc(Cl)c(Cl)c2)C(=O)C(=O)N1c1cccc(C(F)(F)F)c1. The minimum atomic E-state index is -4.65. The molecule has 1 aliphatic rings. The quantitative estimate of drug-likeness (QED) is 0.238. The molecule has 4 nitrogen and oxygen atoms in total. The highest BCUT2D eigenvalue weighted by Gasteiger charge is 2.47. The molecule has 0 aromatic heterocycles. The van der Waals surface area contributed by atoms with Crippen LogP contribution in [0.2, 0.25) is 10.0 Å². The number of hydrogen-bond acceptors (Lipinski definition) is 3. The topological polar surface area (TPSA) is 57.6 Å². The van der Waals surface area contributed by atoms with Gasteiger partial charge < -0.3 is 5.11 Å². The molecular formula is C25H16Cl2F3NO3. The highest BCUT2D eigenvalue weighted by molar-refractivity contribution is 6.51. The summed E-state index contributed by atoms with van der Waals surface area (Å²) in [7, 11) is 0. The van der Waals surface area contributed by atoms with E-state index in [-0.39, 0.29) is 26.9 Å². The fraction of sp³-hybridized carbons (Fsp3) is 0.120. The number of alkyl halides is 3. The van der Waals surface area contributed by atoms with E-state index in [1.807, 2.05) is 0 Å². The summed E-state index contributed by atoms with van der Waals surface area (Å²) < 4.78 is 40.1. The van der Waals surface area contributed by atoms with Gasteiger partial charge in [0.15, 0.2) is 0 Å². The van der Waals surface area contributed by atoms with Crippen molar-refractivity contribution in [3.05, 3.63) is 105 Å². The molecule has 0 spiro atoms. The van der Waals surface area contributed by atoms with Gasteiger partial charge in [0.1, 0.15) is 5.76 Å². The number of rotatable bonds is 3. The zero-order valence-electron chi connectivity index (χ0n) is 17.5. The Bertz CT molecular complexity index is 1350. The average molecular weight is 506 g/mol. The van der Waals surface area contributed by atoms with E-state index in [0.29, 0.717) is 11.1 Å².